The molecule has 1 aliphatic heterocycles. The lowest BCUT2D eigenvalue weighted by Gasteiger charge is -2.34. The summed E-state index contributed by atoms with van der Waals surface area (Å²) in [6.07, 6.45) is 2.30. The molecule has 0 unspecified atom stereocenters. The van der Waals surface area contributed by atoms with E-state index in [1.54, 1.807) is 19.1 Å². The first kappa shape index (κ1) is 17.3. The van der Waals surface area contributed by atoms with E-state index in [4.69, 9.17) is 5.73 Å². The van der Waals surface area contributed by atoms with E-state index in [1.165, 1.54) is 6.42 Å². The molecule has 132 valence electrons. The Kier molecular flexibility index (Phi) is 4.98. The van der Waals surface area contributed by atoms with E-state index in [0.717, 1.165) is 36.7 Å². The highest BCUT2D eigenvalue weighted by molar-refractivity contribution is 7.08. The van der Waals surface area contributed by atoms with Gasteiger partial charge in [-0.1, -0.05) is 11.4 Å². The van der Waals surface area contributed by atoms with E-state index in [0.29, 0.717) is 27.7 Å². The van der Waals surface area contributed by atoms with Crippen molar-refractivity contribution in [3.8, 4) is 0 Å². The lowest BCUT2D eigenvalue weighted by atomic mass is 9.99. The van der Waals surface area contributed by atoms with Crippen LogP contribution in [0, 0.1) is 12.8 Å². The van der Waals surface area contributed by atoms with Gasteiger partial charge in [0, 0.05) is 18.7 Å². The summed E-state index contributed by atoms with van der Waals surface area (Å²) in [7, 11) is 0. The number of rotatable bonds is 4. The second-order valence-electron chi connectivity index (χ2n) is 6.43. The molecule has 0 saturated carbocycles. The van der Waals surface area contributed by atoms with E-state index in [2.05, 4.69) is 26.7 Å². The minimum absolute atomic E-state index is 0.277. The molecular weight excluding hydrogens is 338 g/mol. The van der Waals surface area contributed by atoms with E-state index in [-0.39, 0.29) is 5.91 Å². The number of nitrogens with one attached hydrogen (secondary N) is 1. The van der Waals surface area contributed by atoms with Crippen molar-refractivity contribution in [1.82, 2.24) is 9.59 Å². The molecular formula is C17H21N5O2S. The SMILES string of the molecule is Cc1nnsc1C(=O)Nc1cc(C(N)=O)ccc1N1CCC[C@H](C)C1. The fraction of sp³-hybridized carbons (Fsp3) is 0.412. The molecule has 0 aliphatic carbocycles. The lowest BCUT2D eigenvalue weighted by Crippen LogP contribution is -2.35. The molecule has 1 atom stereocenters. The molecule has 1 fully saturated rings. The van der Waals surface area contributed by atoms with Crippen molar-refractivity contribution in [1.29, 1.82) is 0 Å². The zero-order chi connectivity index (χ0) is 18.0. The van der Waals surface area contributed by atoms with Crippen molar-refractivity contribution in [2.45, 2.75) is 26.7 Å². The number of nitrogens with zero attached hydrogens (tertiary/aromatic N) is 3. The maximum Gasteiger partial charge on any atom is 0.269 e. The van der Waals surface area contributed by atoms with Gasteiger partial charge in [0.25, 0.3) is 5.91 Å². The molecule has 1 aromatic heterocycles. The maximum atomic E-state index is 12.6. The molecule has 2 heterocycles. The van der Waals surface area contributed by atoms with Gasteiger partial charge in [-0.15, -0.1) is 5.10 Å². The topological polar surface area (TPSA) is 101 Å². The number of nitrogens with two attached hydrogens (primary N) is 1. The Morgan fingerprint density at radius 1 is 1.40 bits per heavy atom. The van der Waals surface area contributed by atoms with E-state index in [1.807, 2.05) is 6.07 Å². The molecule has 25 heavy (non-hydrogen) atoms. The molecule has 0 spiro atoms. The van der Waals surface area contributed by atoms with Gasteiger partial charge in [-0.05, 0) is 55.4 Å². The summed E-state index contributed by atoms with van der Waals surface area (Å²) >= 11 is 1.05. The van der Waals surface area contributed by atoms with Gasteiger partial charge < -0.3 is 16.0 Å². The molecule has 1 saturated heterocycles. The predicted octanol–water partition coefficient (Wildman–Crippen LogP) is 2.43. The van der Waals surface area contributed by atoms with Crippen LogP contribution >= 0.6 is 11.5 Å². The van der Waals surface area contributed by atoms with Gasteiger partial charge in [-0.2, -0.15) is 0 Å². The van der Waals surface area contributed by atoms with Crippen molar-refractivity contribution < 1.29 is 9.59 Å². The Morgan fingerprint density at radius 2 is 2.20 bits per heavy atom. The number of carbonyl (C=O) groups is 2. The highest BCUT2D eigenvalue weighted by Crippen LogP contribution is 2.31. The van der Waals surface area contributed by atoms with Gasteiger partial charge in [0.15, 0.2) is 0 Å². The Morgan fingerprint density at radius 3 is 2.84 bits per heavy atom. The Hall–Kier alpha value is -2.48. The Labute approximate surface area is 150 Å². The summed E-state index contributed by atoms with van der Waals surface area (Å²) in [5.41, 5.74) is 7.84. The van der Waals surface area contributed by atoms with Crippen molar-refractivity contribution in [3.05, 3.63) is 34.3 Å². The van der Waals surface area contributed by atoms with E-state index >= 15 is 0 Å². The number of benzene rings is 1. The van der Waals surface area contributed by atoms with Gasteiger partial charge in [-0.3, -0.25) is 9.59 Å². The molecule has 1 aromatic carbocycles. The summed E-state index contributed by atoms with van der Waals surface area (Å²) in [4.78, 5) is 26.8. The van der Waals surface area contributed by atoms with Crippen molar-refractivity contribution in [2.24, 2.45) is 11.7 Å². The van der Waals surface area contributed by atoms with E-state index < -0.39 is 5.91 Å². The molecule has 3 N–H and O–H groups in total. The summed E-state index contributed by atoms with van der Waals surface area (Å²) in [6, 6.07) is 5.19. The number of primary amides is 1. The van der Waals surface area contributed by atoms with Gasteiger partial charge >= 0.3 is 0 Å². The predicted molar refractivity (Wildman–Crippen MR) is 98.2 cm³/mol. The molecule has 1 aliphatic rings. The van der Waals surface area contributed by atoms with Crippen LogP contribution in [0.15, 0.2) is 18.2 Å². The number of amides is 2. The number of piperidine rings is 1. The zero-order valence-electron chi connectivity index (χ0n) is 14.3. The minimum Gasteiger partial charge on any atom is -0.370 e. The second kappa shape index (κ2) is 7.18. The maximum absolute atomic E-state index is 12.6. The third kappa shape index (κ3) is 3.79. The molecule has 7 nitrogen and oxygen atoms in total. The van der Waals surface area contributed by atoms with Gasteiger partial charge in [0.2, 0.25) is 5.91 Å². The summed E-state index contributed by atoms with van der Waals surface area (Å²) < 4.78 is 3.80. The summed E-state index contributed by atoms with van der Waals surface area (Å²) in [5, 5.41) is 6.77. The number of anilines is 2. The van der Waals surface area contributed by atoms with Gasteiger partial charge in [0.05, 0.1) is 17.1 Å². The van der Waals surface area contributed by atoms with Crippen LogP contribution < -0.4 is 16.0 Å². The molecule has 8 heteroatoms. The number of aromatic nitrogens is 2. The second-order valence-corrected chi connectivity index (χ2v) is 7.19. The van der Waals surface area contributed by atoms with Crippen LogP contribution in [0.5, 0.6) is 0 Å². The van der Waals surface area contributed by atoms with Crippen LogP contribution in [0.1, 0.15) is 45.5 Å². The minimum atomic E-state index is -0.523. The Balaban J connectivity index is 1.94. The van der Waals surface area contributed by atoms with Crippen LogP contribution in [-0.4, -0.2) is 34.5 Å². The monoisotopic (exact) mass is 359 g/mol. The van der Waals surface area contributed by atoms with Gasteiger partial charge in [0.1, 0.15) is 4.88 Å². The van der Waals surface area contributed by atoms with Crippen molar-refractivity contribution in [3.63, 3.8) is 0 Å². The fourth-order valence-corrected chi connectivity index (χ4v) is 3.64. The first-order valence-electron chi connectivity index (χ1n) is 8.25. The number of aryl methyl sites for hydroxylation is 1. The highest BCUT2D eigenvalue weighted by Gasteiger charge is 2.22. The first-order valence-corrected chi connectivity index (χ1v) is 9.02. The van der Waals surface area contributed by atoms with Crippen molar-refractivity contribution in [2.75, 3.05) is 23.3 Å². The fourth-order valence-electron chi connectivity index (χ4n) is 3.09. The van der Waals surface area contributed by atoms with Crippen LogP contribution in [-0.2, 0) is 0 Å². The number of hydrogen-bond acceptors (Lipinski definition) is 6. The highest BCUT2D eigenvalue weighted by atomic mass is 32.1. The quantitative estimate of drug-likeness (QED) is 0.873. The van der Waals surface area contributed by atoms with Gasteiger partial charge in [-0.25, -0.2) is 0 Å². The summed E-state index contributed by atoms with van der Waals surface area (Å²) in [6.45, 7) is 5.80. The van der Waals surface area contributed by atoms with Crippen LogP contribution in [0.4, 0.5) is 11.4 Å². The van der Waals surface area contributed by atoms with Crippen LogP contribution in [0.25, 0.3) is 0 Å². The van der Waals surface area contributed by atoms with Crippen LogP contribution in [0.3, 0.4) is 0 Å². The smallest absolute Gasteiger partial charge is 0.269 e. The first-order chi connectivity index (χ1) is 12.0. The van der Waals surface area contributed by atoms with E-state index in [9.17, 15) is 9.59 Å². The molecule has 0 radical (unpaired) electrons. The summed E-state index contributed by atoms with van der Waals surface area (Å²) in [5.74, 6) is -0.216. The number of carbonyl (C=O) groups excluding carboxylic acids is 2. The van der Waals surface area contributed by atoms with Crippen molar-refractivity contribution >= 4 is 34.7 Å². The standard InChI is InChI=1S/C17H21N5O2S/c1-10-4-3-7-22(9-10)14-6-5-12(16(18)23)8-13(14)19-17(24)15-11(2)20-21-25-15/h5-6,8,10H,3-4,7,9H2,1-2H3,(H2,18,23)(H,19,24)/t10-/m0/s1. The zero-order valence-corrected chi connectivity index (χ0v) is 15.1. The molecule has 0 bridgehead atoms. The average molecular weight is 359 g/mol. The normalized spacial score (nSPS) is 17.4. The molecule has 2 aromatic rings. The molecule has 3 rings (SSSR count). The Bertz CT molecular complexity index is 804. The lowest BCUT2D eigenvalue weighted by molar-refractivity contribution is 0.0996. The number of hydrogen-bond donors (Lipinski definition) is 2. The third-order valence-corrected chi connectivity index (χ3v) is 5.21. The largest absolute Gasteiger partial charge is 0.370 e. The average Bonchev–Trinajstić information content (AvgIpc) is 3.01. The van der Waals surface area contributed by atoms with Crippen LogP contribution in [0.2, 0.25) is 0 Å². The molecule has 2 amide bonds. The third-order valence-electron chi connectivity index (χ3n) is 4.38.